The summed E-state index contributed by atoms with van der Waals surface area (Å²) >= 11 is 2.76. The van der Waals surface area contributed by atoms with Crippen molar-refractivity contribution in [2.24, 2.45) is 0 Å². The topological polar surface area (TPSA) is 29.5 Å². The van der Waals surface area contributed by atoms with Crippen molar-refractivity contribution in [2.75, 3.05) is 13.7 Å². The van der Waals surface area contributed by atoms with Gasteiger partial charge in [0.2, 0.25) is 0 Å². The van der Waals surface area contributed by atoms with E-state index in [0.29, 0.717) is 5.56 Å². The predicted molar refractivity (Wildman–Crippen MR) is 51.4 cm³/mol. The molecular formula is C9H9BrF2O2. The van der Waals surface area contributed by atoms with Gasteiger partial charge in [-0.25, -0.2) is 8.78 Å². The fourth-order valence-electron chi connectivity index (χ4n) is 1.15. The monoisotopic (exact) mass is 266 g/mol. The van der Waals surface area contributed by atoms with Gasteiger partial charge in [0, 0.05) is 12.2 Å². The van der Waals surface area contributed by atoms with Crippen LogP contribution in [0, 0.1) is 11.6 Å². The van der Waals surface area contributed by atoms with Gasteiger partial charge in [0.25, 0.3) is 0 Å². The van der Waals surface area contributed by atoms with Gasteiger partial charge in [0.05, 0.1) is 11.6 Å². The van der Waals surface area contributed by atoms with Crippen molar-refractivity contribution in [3.05, 3.63) is 27.7 Å². The van der Waals surface area contributed by atoms with Crippen LogP contribution in [0.2, 0.25) is 0 Å². The molecule has 78 valence electrons. The van der Waals surface area contributed by atoms with Crippen molar-refractivity contribution in [1.29, 1.82) is 0 Å². The van der Waals surface area contributed by atoms with E-state index >= 15 is 0 Å². The molecule has 0 aromatic heterocycles. The molecule has 0 spiro atoms. The van der Waals surface area contributed by atoms with Crippen LogP contribution in [0.15, 0.2) is 10.5 Å². The van der Waals surface area contributed by atoms with Crippen LogP contribution in [0.1, 0.15) is 5.56 Å². The third kappa shape index (κ3) is 2.04. The normalized spacial score (nSPS) is 10.4. The van der Waals surface area contributed by atoms with E-state index in [0.717, 1.165) is 6.07 Å². The van der Waals surface area contributed by atoms with E-state index in [-0.39, 0.29) is 23.2 Å². The Morgan fingerprint density at radius 3 is 2.64 bits per heavy atom. The maximum atomic E-state index is 13.4. The summed E-state index contributed by atoms with van der Waals surface area (Å²) in [6.45, 7) is -0.184. The predicted octanol–water partition coefficient (Wildman–Crippen LogP) is 2.27. The number of hydrogen-bond donors (Lipinski definition) is 1. The van der Waals surface area contributed by atoms with Gasteiger partial charge in [-0.1, -0.05) is 0 Å². The second kappa shape index (κ2) is 4.70. The Kier molecular flexibility index (Phi) is 3.83. The first-order valence-corrected chi connectivity index (χ1v) is 4.72. The first-order valence-electron chi connectivity index (χ1n) is 3.93. The zero-order valence-corrected chi connectivity index (χ0v) is 9.07. The van der Waals surface area contributed by atoms with Crippen molar-refractivity contribution in [3.63, 3.8) is 0 Å². The lowest BCUT2D eigenvalue weighted by molar-refractivity contribution is 0.295. The van der Waals surface area contributed by atoms with E-state index < -0.39 is 11.6 Å². The molecule has 1 aromatic rings. The third-order valence-electron chi connectivity index (χ3n) is 1.78. The van der Waals surface area contributed by atoms with Crippen LogP contribution in [0.4, 0.5) is 8.78 Å². The molecular weight excluding hydrogens is 258 g/mol. The SMILES string of the molecule is COc1c(CCO)cc(F)c(Br)c1F. The Hall–Kier alpha value is -0.680. The Balaban J connectivity index is 3.28. The van der Waals surface area contributed by atoms with Crippen LogP contribution in [-0.4, -0.2) is 18.8 Å². The third-order valence-corrected chi connectivity index (χ3v) is 2.51. The Morgan fingerprint density at radius 2 is 2.14 bits per heavy atom. The number of ether oxygens (including phenoxy) is 1. The van der Waals surface area contributed by atoms with Gasteiger partial charge in [0.15, 0.2) is 11.6 Å². The Bertz CT molecular complexity index is 342. The molecule has 0 saturated heterocycles. The largest absolute Gasteiger partial charge is 0.493 e. The maximum absolute atomic E-state index is 13.4. The van der Waals surface area contributed by atoms with E-state index in [2.05, 4.69) is 15.9 Å². The number of methoxy groups -OCH3 is 1. The van der Waals surface area contributed by atoms with Gasteiger partial charge < -0.3 is 9.84 Å². The molecule has 0 saturated carbocycles. The number of aliphatic hydroxyl groups is 1. The Labute approximate surface area is 88.6 Å². The highest BCUT2D eigenvalue weighted by molar-refractivity contribution is 9.10. The van der Waals surface area contributed by atoms with Crippen molar-refractivity contribution in [1.82, 2.24) is 0 Å². The molecule has 2 nitrogen and oxygen atoms in total. The molecule has 0 heterocycles. The first kappa shape index (κ1) is 11.4. The van der Waals surface area contributed by atoms with Gasteiger partial charge in [-0.05, 0) is 28.4 Å². The zero-order chi connectivity index (χ0) is 10.7. The van der Waals surface area contributed by atoms with Crippen molar-refractivity contribution >= 4 is 15.9 Å². The number of halogens is 3. The van der Waals surface area contributed by atoms with Crippen molar-refractivity contribution < 1.29 is 18.6 Å². The van der Waals surface area contributed by atoms with Gasteiger partial charge in [-0.2, -0.15) is 0 Å². The van der Waals surface area contributed by atoms with E-state index in [1.807, 2.05) is 0 Å². The average molecular weight is 267 g/mol. The molecule has 0 aliphatic rings. The molecule has 0 aliphatic carbocycles. The molecule has 0 aliphatic heterocycles. The van der Waals surface area contributed by atoms with Crippen LogP contribution in [0.5, 0.6) is 5.75 Å². The number of aliphatic hydroxyl groups excluding tert-OH is 1. The molecule has 0 radical (unpaired) electrons. The van der Waals surface area contributed by atoms with Gasteiger partial charge in [0.1, 0.15) is 5.82 Å². The molecule has 14 heavy (non-hydrogen) atoms. The van der Waals surface area contributed by atoms with Crippen LogP contribution >= 0.6 is 15.9 Å². The van der Waals surface area contributed by atoms with Gasteiger partial charge in [-0.15, -0.1) is 0 Å². The van der Waals surface area contributed by atoms with Crippen molar-refractivity contribution in [2.45, 2.75) is 6.42 Å². The molecule has 0 unspecified atom stereocenters. The molecule has 0 atom stereocenters. The number of rotatable bonds is 3. The smallest absolute Gasteiger partial charge is 0.182 e. The minimum absolute atomic E-state index is 0.0349. The van der Waals surface area contributed by atoms with E-state index in [9.17, 15) is 8.78 Å². The molecule has 1 rings (SSSR count). The highest BCUT2D eigenvalue weighted by Gasteiger charge is 2.16. The zero-order valence-electron chi connectivity index (χ0n) is 7.48. The minimum atomic E-state index is -0.782. The first-order chi connectivity index (χ1) is 6.61. The van der Waals surface area contributed by atoms with Crippen LogP contribution in [-0.2, 0) is 6.42 Å². The Morgan fingerprint density at radius 1 is 1.50 bits per heavy atom. The van der Waals surface area contributed by atoms with Crippen molar-refractivity contribution in [3.8, 4) is 5.75 Å². The summed E-state index contributed by atoms with van der Waals surface area (Å²) in [7, 11) is 1.30. The quantitative estimate of drug-likeness (QED) is 0.851. The van der Waals surface area contributed by atoms with E-state index in [4.69, 9.17) is 9.84 Å². The average Bonchev–Trinajstić information content (AvgIpc) is 2.16. The van der Waals surface area contributed by atoms with E-state index in [1.165, 1.54) is 7.11 Å². The lowest BCUT2D eigenvalue weighted by Crippen LogP contribution is -2.01. The highest BCUT2D eigenvalue weighted by Crippen LogP contribution is 2.31. The van der Waals surface area contributed by atoms with Crippen LogP contribution < -0.4 is 4.74 Å². The van der Waals surface area contributed by atoms with E-state index in [1.54, 1.807) is 0 Å². The summed E-state index contributed by atoms with van der Waals surface area (Å²) in [5.74, 6) is -1.52. The summed E-state index contributed by atoms with van der Waals surface area (Å²) in [6, 6.07) is 1.14. The highest BCUT2D eigenvalue weighted by atomic mass is 79.9. The standard InChI is InChI=1S/C9H9BrF2O2/c1-14-9-5(2-3-13)4-6(11)7(10)8(9)12/h4,13H,2-3H2,1H3. The molecule has 1 N–H and O–H groups in total. The number of benzene rings is 1. The summed E-state index contributed by atoms with van der Waals surface area (Å²) < 4.78 is 30.9. The fraction of sp³-hybridized carbons (Fsp3) is 0.333. The fourth-order valence-corrected chi connectivity index (χ4v) is 1.45. The summed E-state index contributed by atoms with van der Waals surface area (Å²) in [5.41, 5.74) is 0.313. The second-order valence-corrected chi connectivity index (χ2v) is 3.45. The number of hydrogen-bond acceptors (Lipinski definition) is 2. The van der Waals surface area contributed by atoms with Gasteiger partial charge in [-0.3, -0.25) is 0 Å². The van der Waals surface area contributed by atoms with Crippen LogP contribution in [0.25, 0.3) is 0 Å². The minimum Gasteiger partial charge on any atom is -0.493 e. The van der Waals surface area contributed by atoms with Gasteiger partial charge >= 0.3 is 0 Å². The molecule has 0 amide bonds. The second-order valence-electron chi connectivity index (χ2n) is 2.65. The molecule has 0 bridgehead atoms. The molecule has 1 aromatic carbocycles. The summed E-state index contributed by atoms with van der Waals surface area (Å²) in [6.07, 6.45) is 0.157. The maximum Gasteiger partial charge on any atom is 0.182 e. The summed E-state index contributed by atoms with van der Waals surface area (Å²) in [5, 5.41) is 8.68. The van der Waals surface area contributed by atoms with Crippen LogP contribution in [0.3, 0.4) is 0 Å². The lowest BCUT2D eigenvalue weighted by atomic mass is 10.1. The molecule has 5 heteroatoms. The lowest BCUT2D eigenvalue weighted by Gasteiger charge is -2.10. The summed E-state index contributed by atoms with van der Waals surface area (Å²) in [4.78, 5) is 0. The molecule has 0 fully saturated rings.